The van der Waals surface area contributed by atoms with Gasteiger partial charge < -0.3 is 0 Å². The second kappa shape index (κ2) is 27.5. The number of hydrazine groups is 4. The number of imide groups is 6. The molecule has 14 amide bonds. The first kappa shape index (κ1) is 67.4. The molecule has 26 heteroatoms. The average Bonchev–Trinajstić information content (AvgIpc) is 2.43. The zero-order valence-electron chi connectivity index (χ0n) is 48.7. The Bertz CT molecular complexity index is 3500. The van der Waals surface area contributed by atoms with Gasteiger partial charge in [-0.3, -0.25) is 67.1 Å². The zero-order valence-corrected chi connectivity index (χ0v) is 48.7. The van der Waals surface area contributed by atoms with Gasteiger partial charge in [-0.2, -0.15) is 51.1 Å². The maximum Gasteiger partial charge on any atom is 0.290 e. The van der Waals surface area contributed by atoms with Crippen molar-refractivity contribution in [2.45, 2.75) is 109 Å². The van der Waals surface area contributed by atoms with Crippen molar-refractivity contribution in [1.29, 1.82) is 21.0 Å². The molecule has 0 atom stereocenters. The van der Waals surface area contributed by atoms with Crippen LogP contribution in [0.4, 0.5) is 0 Å². The van der Waals surface area contributed by atoms with E-state index < -0.39 is 87.6 Å². The smallest absolute Gasteiger partial charge is 0.273 e. The molecule has 0 N–H and O–H groups in total. The lowest BCUT2D eigenvalue weighted by Crippen LogP contribution is -2.59. The Kier molecular flexibility index (Phi) is 22.1. The lowest BCUT2D eigenvalue weighted by molar-refractivity contribution is -0.181. The summed E-state index contributed by atoms with van der Waals surface area (Å²) >= 11 is 0. The summed E-state index contributed by atoms with van der Waals surface area (Å²) in [5.74, 6) is -9.79. The van der Waals surface area contributed by atoms with E-state index in [1.54, 1.807) is 128 Å². The molecule has 26 nitrogen and oxygen atoms in total. The highest BCUT2D eigenvalue weighted by Gasteiger charge is 2.45. The molecule has 436 valence electrons. The van der Waals surface area contributed by atoms with E-state index in [9.17, 15) is 67.1 Å². The monoisotopic (exact) mass is 1150 g/mol. The van der Waals surface area contributed by atoms with Crippen molar-refractivity contribution in [2.75, 3.05) is 14.1 Å². The summed E-state index contributed by atoms with van der Waals surface area (Å²) in [6, 6.07) is 23.1. The Morgan fingerprint density at radius 1 is 0.405 bits per heavy atom. The number of hydrogen-bond donors (Lipinski definition) is 0. The zero-order chi connectivity index (χ0) is 64.2. The van der Waals surface area contributed by atoms with Gasteiger partial charge in [0.05, 0.1) is 25.7 Å². The third-order valence-corrected chi connectivity index (χ3v) is 12.3. The largest absolute Gasteiger partial charge is 0.290 e. The predicted octanol–water partition coefficient (Wildman–Crippen LogP) is 4.39. The molecule has 2 aromatic rings. The van der Waals surface area contributed by atoms with Gasteiger partial charge in [-0.25, -0.2) is 10.0 Å². The lowest BCUT2D eigenvalue weighted by atomic mass is 9.95. The number of carbonyl (C=O) groups excluding carboxylic acids is 14. The van der Waals surface area contributed by atoms with Gasteiger partial charge in [0.25, 0.3) is 65.0 Å². The molecule has 2 aromatic carbocycles. The number of rotatable bonds is 6. The van der Waals surface area contributed by atoms with Crippen molar-refractivity contribution in [1.82, 2.24) is 40.1 Å². The van der Waals surface area contributed by atoms with E-state index in [1.807, 2.05) is 0 Å². The first-order valence-electron chi connectivity index (χ1n) is 25.2. The van der Waals surface area contributed by atoms with Crippen LogP contribution in [0.5, 0.6) is 0 Å². The molecule has 0 aliphatic carbocycles. The molecule has 0 saturated heterocycles. The quantitative estimate of drug-likeness (QED) is 0.362. The molecule has 0 radical (unpaired) electrons. The molecule has 0 spiro atoms. The second-order valence-electron chi connectivity index (χ2n) is 21.0. The van der Waals surface area contributed by atoms with Gasteiger partial charge in [-0.05, 0) is 74.3 Å². The van der Waals surface area contributed by atoms with Gasteiger partial charge in [0.1, 0.15) is 46.6 Å². The van der Waals surface area contributed by atoms with Crippen LogP contribution in [0.1, 0.15) is 129 Å². The fourth-order valence-electron chi connectivity index (χ4n) is 7.96. The minimum Gasteiger partial charge on any atom is -0.273 e. The van der Waals surface area contributed by atoms with Crippen molar-refractivity contribution in [3.63, 3.8) is 0 Å². The second-order valence-corrected chi connectivity index (χ2v) is 21.0. The number of benzene rings is 2. The summed E-state index contributed by atoms with van der Waals surface area (Å²) in [4.78, 5) is 170. The SMILES string of the molecule is CC(=O)N(C(=O)C(C)(C)C)N1C(=O)CC(C)=C(C#N)C1=O.CC(=O)N(C(=O)c1ccccc1)N1C(=O)CC(C)=C(C#N)C1=O.CC1=C(C#N)C(=O)N(N(C)C(=O)C(C)(C)C)C(=O)C1.CC1=C(C#N)C(=O)N(N(C)C(=O)c2ccccc2)C(=O)C1. The van der Waals surface area contributed by atoms with Gasteiger partial charge in [0, 0.05) is 49.9 Å². The number of nitrogens with zero attached hydrogens (tertiary/aromatic N) is 12. The third kappa shape index (κ3) is 14.9. The Morgan fingerprint density at radius 2 is 0.667 bits per heavy atom. The molecule has 0 saturated carbocycles. The Hall–Kier alpha value is -10.9. The maximum atomic E-state index is 12.5. The fraction of sp³-hybridized carbons (Fsp3) is 0.345. The Balaban J connectivity index is 0.000000294. The van der Waals surface area contributed by atoms with Crippen molar-refractivity contribution < 1.29 is 67.1 Å². The van der Waals surface area contributed by atoms with Crippen molar-refractivity contribution >= 4 is 82.7 Å². The fourth-order valence-corrected chi connectivity index (χ4v) is 7.96. The van der Waals surface area contributed by atoms with E-state index in [1.165, 1.54) is 40.1 Å². The summed E-state index contributed by atoms with van der Waals surface area (Å²) in [7, 11) is 2.69. The molecule has 0 fully saturated rings. The number of carbonyl (C=O) groups is 14. The van der Waals surface area contributed by atoms with Crippen LogP contribution in [0.15, 0.2) is 105 Å². The summed E-state index contributed by atoms with van der Waals surface area (Å²) in [5, 5.41) is 41.3. The van der Waals surface area contributed by atoms with Crippen LogP contribution in [-0.4, -0.2) is 137 Å². The number of hydrogen-bond acceptors (Lipinski definition) is 18. The highest BCUT2D eigenvalue weighted by atomic mass is 16.2. The van der Waals surface area contributed by atoms with Crippen LogP contribution < -0.4 is 0 Å². The lowest BCUT2D eigenvalue weighted by Gasteiger charge is -2.36. The van der Waals surface area contributed by atoms with E-state index in [2.05, 4.69) is 0 Å². The van der Waals surface area contributed by atoms with Crippen LogP contribution >= 0.6 is 0 Å². The van der Waals surface area contributed by atoms with Crippen molar-refractivity contribution in [2.24, 2.45) is 10.8 Å². The van der Waals surface area contributed by atoms with Crippen LogP contribution in [0, 0.1) is 56.2 Å². The van der Waals surface area contributed by atoms with E-state index in [-0.39, 0.29) is 59.4 Å². The molecule has 0 aromatic heterocycles. The molecule has 0 unspecified atom stereocenters. The third-order valence-electron chi connectivity index (χ3n) is 12.3. The minimum atomic E-state index is -0.972. The molecular formula is C58H60N12O14. The van der Waals surface area contributed by atoms with Gasteiger partial charge in [0.15, 0.2) is 0 Å². The van der Waals surface area contributed by atoms with Gasteiger partial charge in [-0.15, -0.1) is 0 Å². The topological polar surface area (TPSA) is 360 Å². The normalized spacial score (nSPS) is 15.5. The highest BCUT2D eigenvalue weighted by molar-refractivity contribution is 6.17. The van der Waals surface area contributed by atoms with Gasteiger partial charge in [-0.1, -0.05) is 77.9 Å². The molecule has 4 aliphatic rings. The molecule has 6 rings (SSSR count). The van der Waals surface area contributed by atoms with Crippen LogP contribution in [-0.2, 0) is 57.5 Å². The molecule has 0 bridgehead atoms. The van der Waals surface area contributed by atoms with Crippen LogP contribution in [0.25, 0.3) is 0 Å². The van der Waals surface area contributed by atoms with Crippen molar-refractivity contribution in [3.05, 3.63) is 116 Å². The molecule has 4 aliphatic heterocycles. The van der Waals surface area contributed by atoms with Gasteiger partial charge >= 0.3 is 0 Å². The summed E-state index contributed by atoms with van der Waals surface area (Å²) in [6.07, 6.45) is -0.478. The Morgan fingerprint density at radius 3 is 0.952 bits per heavy atom. The van der Waals surface area contributed by atoms with E-state index in [0.717, 1.165) is 33.9 Å². The first-order valence-corrected chi connectivity index (χ1v) is 25.2. The first-order chi connectivity index (χ1) is 39.0. The summed E-state index contributed by atoms with van der Waals surface area (Å²) in [5.41, 5.74) is -0.319. The van der Waals surface area contributed by atoms with E-state index in [0.29, 0.717) is 47.9 Å². The van der Waals surface area contributed by atoms with Gasteiger partial charge in [0.2, 0.25) is 17.7 Å². The number of amides is 14. The van der Waals surface area contributed by atoms with Crippen LogP contribution in [0.2, 0.25) is 0 Å². The summed E-state index contributed by atoms with van der Waals surface area (Å²) in [6.45, 7) is 18.0. The van der Waals surface area contributed by atoms with E-state index >= 15 is 0 Å². The highest BCUT2D eigenvalue weighted by Crippen LogP contribution is 2.28. The average molecular weight is 1150 g/mol. The van der Waals surface area contributed by atoms with E-state index in [4.69, 9.17) is 21.0 Å². The number of nitriles is 4. The minimum absolute atomic E-state index is 0.0314. The molecule has 84 heavy (non-hydrogen) atoms. The predicted molar refractivity (Wildman–Crippen MR) is 290 cm³/mol. The Labute approximate surface area is 483 Å². The van der Waals surface area contributed by atoms with Crippen molar-refractivity contribution in [3.8, 4) is 24.3 Å². The summed E-state index contributed by atoms with van der Waals surface area (Å²) < 4.78 is 0. The standard InChI is InChI=1S/C16H13N3O4.C15H13N3O3.C14H17N3O4.C13H17N3O3/c1-10-8-14(21)19(16(23)13(10)9-17)18(11(2)20)15(22)12-6-4-3-5-7-12;1-10-8-13(19)18(15(21)12(10)9-16)17(2)14(20)11-6-4-3-5-7-11;1-8-6-11(19)17(12(20)10(8)7-15)16(9(2)18)13(21)14(3,4)5;1-8-6-10(17)16(11(18)9(8)7-14)15(5)12(19)13(2,3)4/h3-7H,8H2,1-2H3;3-7H,8H2,1-2H3;6H2,1-5H3;6H2,1-5H3. The van der Waals surface area contributed by atoms with Crippen LogP contribution in [0.3, 0.4) is 0 Å². The maximum absolute atomic E-state index is 12.5. The molecule has 4 heterocycles. The molecular weight excluding hydrogens is 1090 g/mol.